The Morgan fingerprint density at radius 1 is 1.07 bits per heavy atom. The first-order chi connectivity index (χ1) is 12.7. The van der Waals surface area contributed by atoms with Crippen molar-refractivity contribution < 1.29 is 13.2 Å². The fourth-order valence-corrected chi connectivity index (χ4v) is 2.65. The standard InChI is InChI=1S/C19H16ClF3N4/c1-12-4-3-5-14(10-12)25-18-24-11-16(19(21,22)23)17(26-18)27(2)15-8-6-13(20)7-9-15/h3-11H,1-2H3,(H,24,25,26). The van der Waals surface area contributed by atoms with Crippen LogP contribution in [0, 0.1) is 6.92 Å². The van der Waals surface area contributed by atoms with Crippen molar-refractivity contribution in [2.75, 3.05) is 17.3 Å². The molecular weight excluding hydrogens is 377 g/mol. The van der Waals surface area contributed by atoms with Crippen LogP contribution in [0.5, 0.6) is 0 Å². The third-order valence-electron chi connectivity index (χ3n) is 3.88. The number of rotatable bonds is 4. The first kappa shape index (κ1) is 19.0. The highest BCUT2D eigenvalue weighted by atomic mass is 35.5. The molecule has 140 valence electrons. The summed E-state index contributed by atoms with van der Waals surface area (Å²) in [6.07, 6.45) is -3.80. The van der Waals surface area contributed by atoms with Crippen LogP contribution in [-0.2, 0) is 6.18 Å². The van der Waals surface area contributed by atoms with E-state index in [-0.39, 0.29) is 11.8 Å². The third kappa shape index (κ3) is 4.49. The Morgan fingerprint density at radius 3 is 2.41 bits per heavy atom. The molecule has 0 saturated heterocycles. The third-order valence-corrected chi connectivity index (χ3v) is 4.13. The lowest BCUT2D eigenvalue weighted by atomic mass is 10.2. The van der Waals surface area contributed by atoms with Gasteiger partial charge in [-0.1, -0.05) is 23.7 Å². The van der Waals surface area contributed by atoms with Crippen LogP contribution in [0.4, 0.5) is 36.3 Å². The number of anilines is 4. The highest BCUT2D eigenvalue weighted by Crippen LogP contribution is 2.37. The zero-order valence-electron chi connectivity index (χ0n) is 14.5. The number of hydrogen-bond acceptors (Lipinski definition) is 4. The van der Waals surface area contributed by atoms with Crippen molar-refractivity contribution in [1.29, 1.82) is 0 Å². The largest absolute Gasteiger partial charge is 0.421 e. The van der Waals surface area contributed by atoms with E-state index in [1.54, 1.807) is 30.3 Å². The van der Waals surface area contributed by atoms with Gasteiger partial charge in [0.25, 0.3) is 0 Å². The average molecular weight is 393 g/mol. The van der Waals surface area contributed by atoms with Crippen molar-refractivity contribution in [3.8, 4) is 0 Å². The number of alkyl halides is 3. The van der Waals surface area contributed by atoms with Gasteiger partial charge >= 0.3 is 6.18 Å². The van der Waals surface area contributed by atoms with Crippen molar-refractivity contribution in [2.24, 2.45) is 0 Å². The molecule has 0 aliphatic heterocycles. The summed E-state index contributed by atoms with van der Waals surface area (Å²) in [5, 5.41) is 3.44. The number of nitrogens with one attached hydrogen (secondary N) is 1. The van der Waals surface area contributed by atoms with Crippen LogP contribution in [0.1, 0.15) is 11.1 Å². The Morgan fingerprint density at radius 2 is 1.78 bits per heavy atom. The van der Waals surface area contributed by atoms with Crippen LogP contribution in [-0.4, -0.2) is 17.0 Å². The van der Waals surface area contributed by atoms with Gasteiger partial charge in [0.15, 0.2) is 5.82 Å². The van der Waals surface area contributed by atoms with Crippen LogP contribution in [0.15, 0.2) is 54.7 Å². The summed E-state index contributed by atoms with van der Waals surface area (Å²) in [4.78, 5) is 9.29. The van der Waals surface area contributed by atoms with Gasteiger partial charge < -0.3 is 10.2 Å². The monoisotopic (exact) mass is 392 g/mol. The SMILES string of the molecule is Cc1cccc(Nc2ncc(C(F)(F)F)c(N(C)c3ccc(Cl)cc3)n2)c1. The number of nitrogens with zero attached hydrogens (tertiary/aromatic N) is 3. The van der Waals surface area contributed by atoms with E-state index in [4.69, 9.17) is 11.6 Å². The zero-order chi connectivity index (χ0) is 19.6. The summed E-state index contributed by atoms with van der Waals surface area (Å²) in [7, 11) is 1.51. The van der Waals surface area contributed by atoms with E-state index < -0.39 is 11.7 Å². The zero-order valence-corrected chi connectivity index (χ0v) is 15.3. The summed E-state index contributed by atoms with van der Waals surface area (Å²) in [6, 6.07) is 13.8. The number of halogens is 4. The molecule has 0 saturated carbocycles. The van der Waals surface area contributed by atoms with Gasteiger partial charge in [-0.15, -0.1) is 0 Å². The molecule has 1 aromatic heterocycles. The van der Waals surface area contributed by atoms with E-state index in [1.807, 2.05) is 25.1 Å². The lowest BCUT2D eigenvalue weighted by molar-refractivity contribution is -0.137. The van der Waals surface area contributed by atoms with Crippen molar-refractivity contribution in [1.82, 2.24) is 9.97 Å². The highest BCUT2D eigenvalue weighted by Gasteiger charge is 2.36. The van der Waals surface area contributed by atoms with Gasteiger partial charge in [0.2, 0.25) is 5.95 Å². The van der Waals surface area contributed by atoms with Crippen LogP contribution >= 0.6 is 11.6 Å². The quantitative estimate of drug-likeness (QED) is 0.594. The fraction of sp³-hybridized carbons (Fsp3) is 0.158. The molecular formula is C19H16ClF3N4. The minimum absolute atomic E-state index is 0.0735. The molecule has 0 bridgehead atoms. The van der Waals surface area contributed by atoms with Gasteiger partial charge in [0, 0.05) is 29.6 Å². The van der Waals surface area contributed by atoms with Crippen molar-refractivity contribution in [3.05, 3.63) is 70.9 Å². The summed E-state index contributed by atoms with van der Waals surface area (Å²) in [5.74, 6) is -0.181. The Labute approximate surface area is 159 Å². The number of benzene rings is 2. The molecule has 0 spiro atoms. The van der Waals surface area contributed by atoms with E-state index in [0.29, 0.717) is 16.4 Å². The first-order valence-electron chi connectivity index (χ1n) is 8.01. The van der Waals surface area contributed by atoms with Gasteiger partial charge in [-0.25, -0.2) is 4.98 Å². The molecule has 2 aromatic carbocycles. The molecule has 0 amide bonds. The summed E-state index contributed by atoms with van der Waals surface area (Å²) < 4.78 is 40.4. The van der Waals surface area contributed by atoms with Crippen molar-refractivity contribution in [2.45, 2.75) is 13.1 Å². The molecule has 1 heterocycles. The molecule has 8 heteroatoms. The Balaban J connectivity index is 2.02. The van der Waals surface area contributed by atoms with Crippen LogP contribution in [0.3, 0.4) is 0 Å². The Bertz CT molecular complexity index is 942. The maximum Gasteiger partial charge on any atom is 0.421 e. The minimum Gasteiger partial charge on any atom is -0.329 e. The molecule has 3 aromatic rings. The topological polar surface area (TPSA) is 41.1 Å². The summed E-state index contributed by atoms with van der Waals surface area (Å²) >= 11 is 5.86. The molecule has 0 aliphatic carbocycles. The second-order valence-electron chi connectivity index (χ2n) is 5.96. The van der Waals surface area contributed by atoms with E-state index in [9.17, 15) is 13.2 Å². The number of hydrogen-bond donors (Lipinski definition) is 1. The van der Waals surface area contributed by atoms with Crippen LogP contribution < -0.4 is 10.2 Å². The minimum atomic E-state index is -4.59. The molecule has 0 atom stereocenters. The molecule has 3 rings (SSSR count). The maximum atomic E-state index is 13.5. The second kappa shape index (κ2) is 7.44. The van der Waals surface area contributed by atoms with E-state index in [2.05, 4.69) is 15.3 Å². The molecule has 0 radical (unpaired) electrons. The fourth-order valence-electron chi connectivity index (χ4n) is 2.53. The molecule has 0 unspecified atom stereocenters. The lowest BCUT2D eigenvalue weighted by Crippen LogP contribution is -2.19. The Kier molecular flexibility index (Phi) is 5.23. The smallest absolute Gasteiger partial charge is 0.329 e. The average Bonchev–Trinajstić information content (AvgIpc) is 2.61. The predicted octanol–water partition coefficient (Wildman–Crippen LogP) is 5.97. The first-order valence-corrected chi connectivity index (χ1v) is 8.39. The molecule has 0 aliphatic rings. The van der Waals surface area contributed by atoms with Gasteiger partial charge in [0.05, 0.1) is 0 Å². The van der Waals surface area contributed by atoms with Crippen LogP contribution in [0.25, 0.3) is 0 Å². The summed E-state index contributed by atoms with van der Waals surface area (Å²) in [6.45, 7) is 1.92. The van der Waals surface area contributed by atoms with Gasteiger partial charge in [-0.3, -0.25) is 0 Å². The molecule has 1 N–H and O–H groups in total. The molecule has 27 heavy (non-hydrogen) atoms. The number of aromatic nitrogens is 2. The molecule has 0 fully saturated rings. The van der Waals surface area contributed by atoms with E-state index in [0.717, 1.165) is 11.8 Å². The predicted molar refractivity (Wildman–Crippen MR) is 101 cm³/mol. The highest BCUT2D eigenvalue weighted by molar-refractivity contribution is 6.30. The van der Waals surface area contributed by atoms with E-state index >= 15 is 0 Å². The van der Waals surface area contributed by atoms with Crippen molar-refractivity contribution >= 4 is 34.7 Å². The normalized spacial score (nSPS) is 11.3. The van der Waals surface area contributed by atoms with Gasteiger partial charge in [-0.05, 0) is 48.9 Å². The van der Waals surface area contributed by atoms with E-state index in [1.165, 1.54) is 11.9 Å². The van der Waals surface area contributed by atoms with Gasteiger partial charge in [0.1, 0.15) is 5.56 Å². The maximum absolute atomic E-state index is 13.5. The van der Waals surface area contributed by atoms with Crippen LogP contribution in [0.2, 0.25) is 5.02 Å². The number of aryl methyl sites for hydroxylation is 1. The molecule has 4 nitrogen and oxygen atoms in total. The summed E-state index contributed by atoms with van der Waals surface area (Å²) in [5.41, 5.74) is 1.29. The van der Waals surface area contributed by atoms with Crippen molar-refractivity contribution in [3.63, 3.8) is 0 Å². The second-order valence-corrected chi connectivity index (χ2v) is 6.39. The van der Waals surface area contributed by atoms with Gasteiger partial charge in [-0.2, -0.15) is 18.2 Å². The lowest BCUT2D eigenvalue weighted by Gasteiger charge is -2.23. The Hall–Kier alpha value is -2.80.